The molecule has 1 fully saturated rings. The van der Waals surface area contributed by atoms with Gasteiger partial charge in [0, 0.05) is 43.1 Å². The van der Waals surface area contributed by atoms with Gasteiger partial charge in [0.2, 0.25) is 0 Å². The van der Waals surface area contributed by atoms with Gasteiger partial charge in [-0.2, -0.15) is 18.3 Å². The van der Waals surface area contributed by atoms with Crippen LogP contribution in [-0.2, 0) is 6.54 Å². The summed E-state index contributed by atoms with van der Waals surface area (Å²) in [5, 5.41) is 6.34. The van der Waals surface area contributed by atoms with Gasteiger partial charge in [-0.3, -0.25) is 5.01 Å². The van der Waals surface area contributed by atoms with Crippen molar-refractivity contribution in [1.82, 2.24) is 14.5 Å². The Balaban J connectivity index is 2.09. The standard InChI is InChI=1S/C14H21F3N4/c1-11-8-13(12(2)21(11)10-14(15,16)17)9-18-20-6-4-19(3)5-7-20/h8-9H,4-7,10H2,1-3H3/b18-9-. The van der Waals surface area contributed by atoms with Crippen molar-refractivity contribution < 1.29 is 13.2 Å². The van der Waals surface area contributed by atoms with Crippen LogP contribution in [0.4, 0.5) is 13.2 Å². The van der Waals surface area contributed by atoms with E-state index in [9.17, 15) is 13.2 Å². The summed E-state index contributed by atoms with van der Waals surface area (Å²) in [6.07, 6.45) is -2.54. The van der Waals surface area contributed by atoms with E-state index in [2.05, 4.69) is 17.0 Å². The molecule has 0 aromatic carbocycles. The topological polar surface area (TPSA) is 23.8 Å². The SMILES string of the molecule is Cc1cc(/C=N\N2CCN(C)CC2)c(C)n1CC(F)(F)F. The summed E-state index contributed by atoms with van der Waals surface area (Å²) in [6, 6.07) is 1.75. The van der Waals surface area contributed by atoms with Crippen LogP contribution in [0.15, 0.2) is 11.2 Å². The fraction of sp³-hybridized carbons (Fsp3) is 0.643. The van der Waals surface area contributed by atoms with Gasteiger partial charge in [0.05, 0.1) is 6.21 Å². The number of nitrogens with zero attached hydrogens (tertiary/aromatic N) is 4. The van der Waals surface area contributed by atoms with Gasteiger partial charge in [-0.05, 0) is 27.0 Å². The highest BCUT2D eigenvalue weighted by Gasteiger charge is 2.29. The molecule has 0 amide bonds. The third kappa shape index (κ3) is 4.23. The van der Waals surface area contributed by atoms with E-state index in [1.165, 1.54) is 4.57 Å². The zero-order chi connectivity index (χ0) is 15.6. The molecule has 0 N–H and O–H groups in total. The number of halogens is 3. The Hall–Kier alpha value is -1.50. The molecule has 0 aliphatic carbocycles. The normalized spacial score (nSPS) is 17.9. The quantitative estimate of drug-likeness (QED) is 0.800. The van der Waals surface area contributed by atoms with Crippen LogP contribution in [0.3, 0.4) is 0 Å². The van der Waals surface area contributed by atoms with Crippen LogP contribution in [-0.4, -0.2) is 60.1 Å². The lowest BCUT2D eigenvalue weighted by Gasteiger charge is -2.30. The molecule has 0 saturated carbocycles. The lowest BCUT2D eigenvalue weighted by Crippen LogP contribution is -2.41. The van der Waals surface area contributed by atoms with Crippen molar-refractivity contribution >= 4 is 6.21 Å². The first-order valence-electron chi connectivity index (χ1n) is 6.97. The summed E-state index contributed by atoms with van der Waals surface area (Å²) in [5.41, 5.74) is 1.95. The average Bonchev–Trinajstić information content (AvgIpc) is 2.64. The fourth-order valence-electron chi connectivity index (χ4n) is 2.44. The maximum absolute atomic E-state index is 12.6. The van der Waals surface area contributed by atoms with E-state index in [0.717, 1.165) is 31.7 Å². The van der Waals surface area contributed by atoms with E-state index < -0.39 is 12.7 Å². The molecule has 0 spiro atoms. The lowest BCUT2D eigenvalue weighted by atomic mass is 10.3. The van der Waals surface area contributed by atoms with Crippen LogP contribution >= 0.6 is 0 Å². The van der Waals surface area contributed by atoms with Gasteiger partial charge in [-0.15, -0.1) is 0 Å². The first-order chi connectivity index (χ1) is 9.76. The Morgan fingerprint density at radius 1 is 1.19 bits per heavy atom. The van der Waals surface area contributed by atoms with Crippen molar-refractivity contribution in [2.75, 3.05) is 33.2 Å². The number of alkyl halides is 3. The van der Waals surface area contributed by atoms with Crippen LogP contribution < -0.4 is 0 Å². The maximum Gasteiger partial charge on any atom is 0.406 e. The summed E-state index contributed by atoms with van der Waals surface area (Å²) >= 11 is 0. The number of likely N-dealkylation sites (N-methyl/N-ethyl adjacent to an activating group) is 1. The molecule has 0 bridgehead atoms. The van der Waals surface area contributed by atoms with E-state index >= 15 is 0 Å². The van der Waals surface area contributed by atoms with Crippen LogP contribution in [0, 0.1) is 13.8 Å². The number of rotatable bonds is 3. The summed E-state index contributed by atoms with van der Waals surface area (Å²) < 4.78 is 39.0. The number of piperazine rings is 1. The van der Waals surface area contributed by atoms with Gasteiger partial charge in [-0.25, -0.2) is 0 Å². The maximum atomic E-state index is 12.6. The minimum Gasteiger partial charge on any atom is -0.339 e. The van der Waals surface area contributed by atoms with Gasteiger partial charge < -0.3 is 9.47 Å². The summed E-state index contributed by atoms with van der Waals surface area (Å²) in [7, 11) is 2.06. The van der Waals surface area contributed by atoms with Gasteiger partial charge in [0.1, 0.15) is 6.54 Å². The predicted molar refractivity (Wildman–Crippen MR) is 76.6 cm³/mol. The zero-order valence-corrected chi connectivity index (χ0v) is 12.6. The second kappa shape index (κ2) is 6.09. The number of aromatic nitrogens is 1. The van der Waals surface area contributed by atoms with Crippen molar-refractivity contribution in [3.63, 3.8) is 0 Å². The predicted octanol–water partition coefficient (Wildman–Crippen LogP) is 2.25. The van der Waals surface area contributed by atoms with Gasteiger partial charge in [0.15, 0.2) is 0 Å². The molecule has 2 rings (SSSR count). The third-order valence-corrected chi connectivity index (χ3v) is 3.79. The van der Waals surface area contributed by atoms with Crippen LogP contribution in [0.25, 0.3) is 0 Å². The van der Waals surface area contributed by atoms with E-state index in [1.54, 1.807) is 26.1 Å². The third-order valence-electron chi connectivity index (χ3n) is 3.79. The van der Waals surface area contributed by atoms with E-state index in [0.29, 0.717) is 11.4 Å². The number of hydrogen-bond acceptors (Lipinski definition) is 3. The molecule has 1 saturated heterocycles. The van der Waals surface area contributed by atoms with E-state index in [1.807, 2.05) is 5.01 Å². The van der Waals surface area contributed by atoms with Crippen LogP contribution in [0.2, 0.25) is 0 Å². The highest BCUT2D eigenvalue weighted by Crippen LogP contribution is 2.22. The highest BCUT2D eigenvalue weighted by atomic mass is 19.4. The largest absolute Gasteiger partial charge is 0.406 e. The van der Waals surface area contributed by atoms with Gasteiger partial charge in [-0.1, -0.05) is 0 Å². The molecule has 0 radical (unpaired) electrons. The number of aryl methyl sites for hydroxylation is 1. The molecule has 21 heavy (non-hydrogen) atoms. The van der Waals surface area contributed by atoms with Crippen molar-refractivity contribution in [3.8, 4) is 0 Å². The first-order valence-corrected chi connectivity index (χ1v) is 6.97. The summed E-state index contributed by atoms with van der Waals surface area (Å²) in [5.74, 6) is 0. The monoisotopic (exact) mass is 302 g/mol. The second-order valence-corrected chi connectivity index (χ2v) is 5.53. The Morgan fingerprint density at radius 3 is 2.38 bits per heavy atom. The smallest absolute Gasteiger partial charge is 0.339 e. The summed E-state index contributed by atoms with van der Waals surface area (Å²) in [6.45, 7) is 6.01. The molecule has 0 atom stereocenters. The second-order valence-electron chi connectivity index (χ2n) is 5.53. The fourth-order valence-corrected chi connectivity index (χ4v) is 2.44. The van der Waals surface area contributed by atoms with Crippen molar-refractivity contribution in [2.45, 2.75) is 26.6 Å². The molecular formula is C14H21F3N4. The highest BCUT2D eigenvalue weighted by molar-refractivity contribution is 5.81. The molecule has 118 valence electrons. The number of hydrazone groups is 1. The van der Waals surface area contributed by atoms with E-state index in [-0.39, 0.29) is 0 Å². The molecule has 0 unspecified atom stereocenters. The van der Waals surface area contributed by atoms with Crippen molar-refractivity contribution in [3.05, 3.63) is 23.0 Å². The molecule has 4 nitrogen and oxygen atoms in total. The van der Waals surface area contributed by atoms with Crippen molar-refractivity contribution in [2.24, 2.45) is 5.10 Å². The molecule has 7 heteroatoms. The average molecular weight is 302 g/mol. The first kappa shape index (κ1) is 15.9. The molecule has 1 aliphatic heterocycles. The molecular weight excluding hydrogens is 281 g/mol. The van der Waals surface area contributed by atoms with Gasteiger partial charge >= 0.3 is 6.18 Å². The van der Waals surface area contributed by atoms with E-state index in [4.69, 9.17) is 0 Å². The van der Waals surface area contributed by atoms with Crippen LogP contribution in [0.1, 0.15) is 17.0 Å². The van der Waals surface area contributed by atoms with Crippen LogP contribution in [0.5, 0.6) is 0 Å². The molecule has 2 heterocycles. The Kier molecular flexibility index (Phi) is 4.61. The van der Waals surface area contributed by atoms with Crippen molar-refractivity contribution in [1.29, 1.82) is 0 Å². The molecule has 1 aromatic rings. The summed E-state index contributed by atoms with van der Waals surface area (Å²) in [4.78, 5) is 2.22. The van der Waals surface area contributed by atoms with Gasteiger partial charge in [0.25, 0.3) is 0 Å². The lowest BCUT2D eigenvalue weighted by molar-refractivity contribution is -0.141. The zero-order valence-electron chi connectivity index (χ0n) is 12.6. The molecule has 1 aliphatic rings. The minimum atomic E-state index is -4.21. The Bertz CT molecular complexity index is 511. The Labute approximate surface area is 122 Å². The number of hydrogen-bond donors (Lipinski definition) is 0. The minimum absolute atomic E-state index is 0.600. The molecule has 1 aromatic heterocycles. The Morgan fingerprint density at radius 2 is 1.81 bits per heavy atom.